The van der Waals surface area contributed by atoms with Crippen molar-refractivity contribution < 1.29 is 32.2 Å². The third-order valence-corrected chi connectivity index (χ3v) is 2.88. The van der Waals surface area contributed by atoms with E-state index in [4.69, 9.17) is 9.47 Å². The Morgan fingerprint density at radius 3 is 2.55 bits per heavy atom. The molecular weight excluding hydrogens is 277 g/mol. The van der Waals surface area contributed by atoms with Crippen LogP contribution in [0.4, 0.5) is 13.2 Å². The highest BCUT2D eigenvalue weighted by Crippen LogP contribution is 2.32. The fourth-order valence-corrected chi connectivity index (χ4v) is 1.83. The van der Waals surface area contributed by atoms with Crippen molar-refractivity contribution in [2.24, 2.45) is 0 Å². The number of methoxy groups -OCH3 is 1. The first-order chi connectivity index (χ1) is 9.40. The SMILES string of the molecule is COC(=O)CC1COC(c2ccc(C(F)(F)F)cc2)O1. The van der Waals surface area contributed by atoms with E-state index >= 15 is 0 Å². The Labute approximate surface area is 113 Å². The lowest BCUT2D eigenvalue weighted by atomic mass is 10.1. The number of carbonyl (C=O) groups is 1. The van der Waals surface area contributed by atoms with Crippen molar-refractivity contribution >= 4 is 5.97 Å². The Morgan fingerprint density at radius 1 is 1.35 bits per heavy atom. The van der Waals surface area contributed by atoms with Gasteiger partial charge in [-0.3, -0.25) is 4.79 Å². The molecule has 0 saturated carbocycles. The molecule has 0 amide bonds. The molecule has 1 aliphatic heterocycles. The predicted molar refractivity (Wildman–Crippen MR) is 61.6 cm³/mol. The molecule has 1 aromatic rings. The molecule has 2 unspecified atom stereocenters. The summed E-state index contributed by atoms with van der Waals surface area (Å²) in [5.41, 5.74) is -0.254. The summed E-state index contributed by atoms with van der Waals surface area (Å²) < 4.78 is 52.5. The van der Waals surface area contributed by atoms with Crippen LogP contribution in [0, 0.1) is 0 Å². The second kappa shape index (κ2) is 5.80. The van der Waals surface area contributed by atoms with Crippen LogP contribution in [0.5, 0.6) is 0 Å². The normalized spacial score (nSPS) is 22.8. The Morgan fingerprint density at radius 2 is 2.00 bits per heavy atom. The highest BCUT2D eigenvalue weighted by Gasteiger charge is 2.32. The highest BCUT2D eigenvalue weighted by atomic mass is 19.4. The number of halogens is 3. The molecule has 7 heteroatoms. The standard InChI is InChI=1S/C13H13F3O4/c1-18-11(17)6-10-7-19-12(20-10)8-2-4-9(5-3-8)13(14,15)16/h2-5,10,12H,6-7H2,1H3. The molecule has 2 atom stereocenters. The maximum absolute atomic E-state index is 12.4. The highest BCUT2D eigenvalue weighted by molar-refractivity contribution is 5.69. The second-order valence-electron chi connectivity index (χ2n) is 4.32. The minimum atomic E-state index is -4.37. The summed E-state index contributed by atoms with van der Waals surface area (Å²) in [5.74, 6) is -0.424. The van der Waals surface area contributed by atoms with Crippen LogP contribution in [0.15, 0.2) is 24.3 Å². The molecule has 0 aromatic heterocycles. The van der Waals surface area contributed by atoms with Gasteiger partial charge in [0.15, 0.2) is 6.29 Å². The molecule has 1 saturated heterocycles. The van der Waals surface area contributed by atoms with Gasteiger partial charge in [0, 0.05) is 5.56 Å². The minimum Gasteiger partial charge on any atom is -0.469 e. The number of benzene rings is 1. The average molecular weight is 290 g/mol. The number of rotatable bonds is 3. The van der Waals surface area contributed by atoms with Crippen LogP contribution in [0.25, 0.3) is 0 Å². The summed E-state index contributed by atoms with van der Waals surface area (Å²) in [6, 6.07) is 4.54. The van der Waals surface area contributed by atoms with Crippen LogP contribution in [-0.2, 0) is 25.2 Å². The smallest absolute Gasteiger partial charge is 0.416 e. The van der Waals surface area contributed by atoms with E-state index in [1.54, 1.807) is 0 Å². The monoisotopic (exact) mass is 290 g/mol. The van der Waals surface area contributed by atoms with E-state index in [1.165, 1.54) is 19.2 Å². The molecule has 0 spiro atoms. The molecule has 1 fully saturated rings. The van der Waals surface area contributed by atoms with Gasteiger partial charge in [-0.2, -0.15) is 13.2 Å². The minimum absolute atomic E-state index is 0.0492. The van der Waals surface area contributed by atoms with Gasteiger partial charge in [-0.1, -0.05) is 12.1 Å². The zero-order chi connectivity index (χ0) is 14.8. The number of ether oxygens (including phenoxy) is 3. The van der Waals surface area contributed by atoms with Gasteiger partial charge in [-0.15, -0.1) is 0 Å². The van der Waals surface area contributed by atoms with E-state index in [2.05, 4.69) is 4.74 Å². The Bertz CT molecular complexity index is 469. The summed E-state index contributed by atoms with van der Waals surface area (Å²) in [5, 5.41) is 0. The van der Waals surface area contributed by atoms with E-state index in [9.17, 15) is 18.0 Å². The van der Waals surface area contributed by atoms with Crippen LogP contribution < -0.4 is 0 Å². The lowest BCUT2D eigenvalue weighted by Crippen LogP contribution is -2.16. The van der Waals surface area contributed by atoms with Crippen molar-refractivity contribution in [2.45, 2.75) is 25.0 Å². The van der Waals surface area contributed by atoms with Gasteiger partial charge in [0.25, 0.3) is 0 Å². The van der Waals surface area contributed by atoms with Crippen LogP contribution >= 0.6 is 0 Å². The van der Waals surface area contributed by atoms with Gasteiger partial charge < -0.3 is 14.2 Å². The first kappa shape index (κ1) is 14.8. The lowest BCUT2D eigenvalue weighted by Gasteiger charge is -2.12. The Balaban J connectivity index is 1.98. The molecule has 4 nitrogen and oxygen atoms in total. The fourth-order valence-electron chi connectivity index (χ4n) is 1.83. The first-order valence-corrected chi connectivity index (χ1v) is 5.91. The molecule has 110 valence electrons. The largest absolute Gasteiger partial charge is 0.469 e. The van der Waals surface area contributed by atoms with Crippen molar-refractivity contribution in [1.29, 1.82) is 0 Å². The van der Waals surface area contributed by atoms with E-state index in [1.807, 2.05) is 0 Å². The van der Waals surface area contributed by atoms with Gasteiger partial charge in [-0.25, -0.2) is 0 Å². The second-order valence-corrected chi connectivity index (χ2v) is 4.32. The number of hydrogen-bond acceptors (Lipinski definition) is 4. The van der Waals surface area contributed by atoms with Crippen LogP contribution in [0.3, 0.4) is 0 Å². The van der Waals surface area contributed by atoms with Gasteiger partial charge in [0.1, 0.15) is 0 Å². The van der Waals surface area contributed by atoms with Gasteiger partial charge in [-0.05, 0) is 12.1 Å². The number of carbonyl (C=O) groups excluding carboxylic acids is 1. The topological polar surface area (TPSA) is 44.8 Å². The molecule has 1 heterocycles. The number of esters is 1. The molecule has 0 radical (unpaired) electrons. The molecule has 20 heavy (non-hydrogen) atoms. The van der Waals surface area contributed by atoms with Gasteiger partial charge >= 0.3 is 12.1 Å². The molecule has 1 aliphatic rings. The summed E-state index contributed by atoms with van der Waals surface area (Å²) in [6.45, 7) is 0.195. The predicted octanol–water partition coefficient (Wildman–Crippen LogP) is 2.68. The molecular formula is C13H13F3O4. The molecule has 1 aromatic carbocycles. The van der Waals surface area contributed by atoms with E-state index in [-0.39, 0.29) is 13.0 Å². The van der Waals surface area contributed by atoms with E-state index in [0.29, 0.717) is 5.56 Å². The lowest BCUT2D eigenvalue weighted by molar-refractivity contribution is -0.144. The fraction of sp³-hybridized carbons (Fsp3) is 0.462. The van der Waals surface area contributed by atoms with E-state index < -0.39 is 30.1 Å². The van der Waals surface area contributed by atoms with Crippen molar-refractivity contribution in [1.82, 2.24) is 0 Å². The number of alkyl halides is 3. The van der Waals surface area contributed by atoms with Crippen LogP contribution in [0.1, 0.15) is 23.8 Å². The maximum atomic E-state index is 12.4. The summed E-state index contributed by atoms with van der Waals surface area (Å²) >= 11 is 0. The van der Waals surface area contributed by atoms with Gasteiger partial charge in [0.05, 0.1) is 31.8 Å². The Kier molecular flexibility index (Phi) is 4.29. The van der Waals surface area contributed by atoms with Crippen LogP contribution in [-0.4, -0.2) is 25.8 Å². The van der Waals surface area contributed by atoms with Crippen molar-refractivity contribution in [3.05, 3.63) is 35.4 Å². The zero-order valence-corrected chi connectivity index (χ0v) is 10.6. The zero-order valence-electron chi connectivity index (χ0n) is 10.6. The third-order valence-electron chi connectivity index (χ3n) is 2.88. The maximum Gasteiger partial charge on any atom is 0.416 e. The van der Waals surface area contributed by atoms with Crippen molar-refractivity contribution in [3.63, 3.8) is 0 Å². The van der Waals surface area contributed by atoms with E-state index in [0.717, 1.165) is 12.1 Å². The van der Waals surface area contributed by atoms with Crippen LogP contribution in [0.2, 0.25) is 0 Å². The summed E-state index contributed by atoms with van der Waals surface area (Å²) in [7, 11) is 1.27. The first-order valence-electron chi connectivity index (χ1n) is 5.91. The van der Waals surface area contributed by atoms with Crippen molar-refractivity contribution in [2.75, 3.05) is 13.7 Å². The molecule has 2 rings (SSSR count). The quantitative estimate of drug-likeness (QED) is 0.803. The Hall–Kier alpha value is -1.60. The number of hydrogen-bond donors (Lipinski definition) is 0. The molecule has 0 bridgehead atoms. The summed E-state index contributed by atoms with van der Waals surface area (Å²) in [6.07, 6.45) is -5.53. The molecule has 0 aliphatic carbocycles. The van der Waals surface area contributed by atoms with Crippen molar-refractivity contribution in [3.8, 4) is 0 Å². The average Bonchev–Trinajstić information content (AvgIpc) is 2.86. The van der Waals surface area contributed by atoms with Gasteiger partial charge in [0.2, 0.25) is 0 Å². The third kappa shape index (κ3) is 3.49. The summed E-state index contributed by atoms with van der Waals surface area (Å²) in [4.78, 5) is 11.1. The molecule has 0 N–H and O–H groups in total.